The smallest absolute Gasteiger partial charge is 0.161 e. The Balaban J connectivity index is 2.09. The lowest BCUT2D eigenvalue weighted by Crippen LogP contribution is -1.93. The lowest BCUT2D eigenvalue weighted by atomic mass is 10.0. The van der Waals surface area contributed by atoms with Crippen LogP contribution in [0.5, 0.6) is 11.5 Å². The molecule has 0 unspecified atom stereocenters. The van der Waals surface area contributed by atoms with Gasteiger partial charge in [-0.05, 0) is 43.2 Å². The summed E-state index contributed by atoms with van der Waals surface area (Å²) >= 11 is 0. The van der Waals surface area contributed by atoms with Crippen LogP contribution in [0.1, 0.15) is 22.8 Å². The number of benzene rings is 1. The van der Waals surface area contributed by atoms with Crippen molar-refractivity contribution in [3.63, 3.8) is 0 Å². The summed E-state index contributed by atoms with van der Waals surface area (Å²) in [5.41, 5.74) is 7.10. The molecule has 25 heavy (non-hydrogen) atoms. The summed E-state index contributed by atoms with van der Waals surface area (Å²) in [4.78, 5) is 12.1. The molecule has 1 aromatic carbocycles. The highest BCUT2D eigenvalue weighted by Crippen LogP contribution is 2.40. The third-order valence-corrected chi connectivity index (χ3v) is 4.85. The molecule has 0 fully saturated rings. The molecule has 0 aliphatic heterocycles. The number of rotatable bonds is 4. The van der Waals surface area contributed by atoms with Gasteiger partial charge >= 0.3 is 0 Å². The van der Waals surface area contributed by atoms with Crippen LogP contribution in [0.3, 0.4) is 0 Å². The monoisotopic (exact) mass is 333 g/mol. The molecule has 4 heteroatoms. The van der Waals surface area contributed by atoms with Crippen molar-refractivity contribution in [2.75, 3.05) is 14.2 Å². The Bertz CT molecular complexity index is 1090. The second-order valence-corrected chi connectivity index (χ2v) is 6.23. The molecule has 0 saturated carbocycles. The summed E-state index contributed by atoms with van der Waals surface area (Å²) < 4.78 is 12.9. The molecule has 3 heterocycles. The van der Waals surface area contributed by atoms with Gasteiger partial charge in [-0.1, -0.05) is 12.1 Å². The maximum absolute atomic E-state index is 12.1. The Hall–Kier alpha value is -3.01. The van der Waals surface area contributed by atoms with Gasteiger partial charge in [-0.15, -0.1) is 0 Å². The van der Waals surface area contributed by atoms with Gasteiger partial charge in [0, 0.05) is 23.3 Å². The number of nitrogens with zero attached hydrogens (tertiary/aromatic N) is 1. The average molecular weight is 333 g/mol. The highest BCUT2D eigenvalue weighted by molar-refractivity contribution is 6.07. The van der Waals surface area contributed by atoms with E-state index in [0.29, 0.717) is 5.56 Å². The molecule has 0 aliphatic rings. The summed E-state index contributed by atoms with van der Waals surface area (Å²) in [6.45, 7) is 3.71. The standard InChI is InChI=1S/C21H19NO3/c1-12-18-9-16(25-4)10-19-17(13(2)23)11-20(22(18)19)21(12)14-5-7-15(24-3)8-6-14/h5-11H,1-4H3. The fourth-order valence-corrected chi connectivity index (χ4v) is 3.61. The van der Waals surface area contributed by atoms with Gasteiger partial charge in [-0.2, -0.15) is 0 Å². The van der Waals surface area contributed by atoms with Crippen molar-refractivity contribution < 1.29 is 14.3 Å². The summed E-state index contributed by atoms with van der Waals surface area (Å²) in [5.74, 6) is 1.63. The Morgan fingerprint density at radius 2 is 1.52 bits per heavy atom. The third-order valence-electron chi connectivity index (χ3n) is 4.85. The number of methoxy groups -OCH3 is 2. The highest BCUT2D eigenvalue weighted by Gasteiger charge is 2.21. The number of pyridine rings is 1. The molecule has 126 valence electrons. The van der Waals surface area contributed by atoms with Gasteiger partial charge < -0.3 is 13.9 Å². The van der Waals surface area contributed by atoms with E-state index in [9.17, 15) is 4.79 Å². The van der Waals surface area contributed by atoms with Crippen molar-refractivity contribution in [2.24, 2.45) is 0 Å². The summed E-state index contributed by atoms with van der Waals surface area (Å²) in [6.07, 6.45) is 0. The van der Waals surface area contributed by atoms with E-state index in [-0.39, 0.29) is 5.78 Å². The molecule has 4 aromatic rings. The zero-order valence-electron chi connectivity index (χ0n) is 14.7. The highest BCUT2D eigenvalue weighted by atomic mass is 16.5. The Kier molecular flexibility index (Phi) is 3.42. The van der Waals surface area contributed by atoms with Crippen LogP contribution in [0, 0.1) is 6.92 Å². The SMILES string of the molecule is COc1ccc(-c2c(C)c3cc(OC)cc4c(C(C)=O)cc2n43)cc1. The van der Waals surface area contributed by atoms with Gasteiger partial charge in [0.05, 0.1) is 30.8 Å². The summed E-state index contributed by atoms with van der Waals surface area (Å²) in [6, 6.07) is 13.9. The summed E-state index contributed by atoms with van der Waals surface area (Å²) in [7, 11) is 3.31. The Labute approximate surface area is 145 Å². The maximum atomic E-state index is 12.1. The predicted octanol–water partition coefficient (Wildman–Crippen LogP) is 4.73. The molecule has 0 bridgehead atoms. The zero-order valence-corrected chi connectivity index (χ0v) is 14.7. The van der Waals surface area contributed by atoms with E-state index in [4.69, 9.17) is 9.47 Å². The molecule has 0 N–H and O–H groups in total. The third kappa shape index (κ3) is 2.18. The minimum Gasteiger partial charge on any atom is -0.497 e. The number of hydrogen-bond acceptors (Lipinski definition) is 3. The van der Waals surface area contributed by atoms with Crippen LogP contribution in [0.2, 0.25) is 0 Å². The fraction of sp³-hybridized carbons (Fsp3) is 0.190. The van der Waals surface area contributed by atoms with Crippen molar-refractivity contribution in [3.8, 4) is 22.6 Å². The van der Waals surface area contributed by atoms with E-state index in [0.717, 1.165) is 39.2 Å². The Morgan fingerprint density at radius 3 is 2.12 bits per heavy atom. The quantitative estimate of drug-likeness (QED) is 0.507. The van der Waals surface area contributed by atoms with Crippen molar-refractivity contribution in [1.29, 1.82) is 0 Å². The van der Waals surface area contributed by atoms with Crippen LogP contribution in [-0.4, -0.2) is 24.4 Å². The minimum atomic E-state index is 0.0524. The molecule has 0 atom stereocenters. The first-order valence-electron chi connectivity index (χ1n) is 8.15. The molecule has 0 radical (unpaired) electrons. The molecule has 0 aliphatic carbocycles. The average Bonchev–Trinajstić information content (AvgIpc) is 3.13. The number of ether oxygens (including phenoxy) is 2. The molecule has 0 amide bonds. The molecular weight excluding hydrogens is 314 g/mol. The van der Waals surface area contributed by atoms with Crippen LogP contribution in [0.15, 0.2) is 42.5 Å². The molecule has 0 spiro atoms. The van der Waals surface area contributed by atoms with Crippen LogP contribution in [0.4, 0.5) is 0 Å². The van der Waals surface area contributed by atoms with Crippen LogP contribution in [-0.2, 0) is 0 Å². The number of carbonyl (C=O) groups is 1. The first-order chi connectivity index (χ1) is 12.0. The van der Waals surface area contributed by atoms with Crippen LogP contribution >= 0.6 is 0 Å². The zero-order chi connectivity index (χ0) is 17.7. The minimum absolute atomic E-state index is 0.0524. The first kappa shape index (κ1) is 15.5. The van der Waals surface area contributed by atoms with Gasteiger partial charge in [0.15, 0.2) is 5.78 Å². The number of ketones is 1. The number of hydrogen-bond donors (Lipinski definition) is 0. The second-order valence-electron chi connectivity index (χ2n) is 6.23. The first-order valence-corrected chi connectivity index (χ1v) is 8.15. The molecular formula is C21H19NO3. The molecule has 3 aromatic heterocycles. The van der Waals surface area contributed by atoms with Crippen molar-refractivity contribution in [1.82, 2.24) is 4.40 Å². The molecule has 0 saturated heterocycles. The van der Waals surface area contributed by atoms with Gasteiger partial charge in [-0.3, -0.25) is 4.79 Å². The van der Waals surface area contributed by atoms with E-state index in [1.807, 2.05) is 42.5 Å². The number of aromatic nitrogens is 1. The van der Waals surface area contributed by atoms with Gasteiger partial charge in [0.1, 0.15) is 11.5 Å². The second kappa shape index (κ2) is 5.52. The van der Waals surface area contributed by atoms with Gasteiger partial charge in [0.25, 0.3) is 0 Å². The van der Waals surface area contributed by atoms with Crippen LogP contribution < -0.4 is 9.47 Å². The van der Waals surface area contributed by atoms with E-state index < -0.39 is 0 Å². The number of Topliss-reactive ketones (excluding diaryl/α,β-unsaturated/α-hetero) is 1. The Morgan fingerprint density at radius 1 is 0.880 bits per heavy atom. The molecule has 4 nitrogen and oxygen atoms in total. The lowest BCUT2D eigenvalue weighted by molar-refractivity contribution is 0.101. The normalized spacial score (nSPS) is 11.4. The topological polar surface area (TPSA) is 39.9 Å². The van der Waals surface area contributed by atoms with Crippen LogP contribution in [0.25, 0.3) is 27.7 Å². The van der Waals surface area contributed by atoms with E-state index in [1.165, 1.54) is 5.56 Å². The van der Waals surface area contributed by atoms with Gasteiger partial charge in [0.2, 0.25) is 0 Å². The maximum Gasteiger partial charge on any atom is 0.161 e. The lowest BCUT2D eigenvalue weighted by Gasteiger charge is -2.05. The van der Waals surface area contributed by atoms with E-state index in [2.05, 4.69) is 11.3 Å². The number of aryl methyl sites for hydroxylation is 1. The van der Waals surface area contributed by atoms with Gasteiger partial charge in [-0.25, -0.2) is 0 Å². The van der Waals surface area contributed by atoms with Crippen molar-refractivity contribution >= 4 is 22.3 Å². The van der Waals surface area contributed by atoms with E-state index in [1.54, 1.807) is 21.1 Å². The predicted molar refractivity (Wildman–Crippen MR) is 99.4 cm³/mol. The molecule has 4 rings (SSSR count). The van der Waals surface area contributed by atoms with Crippen molar-refractivity contribution in [3.05, 3.63) is 53.6 Å². The fourth-order valence-electron chi connectivity index (χ4n) is 3.61. The van der Waals surface area contributed by atoms with E-state index >= 15 is 0 Å². The summed E-state index contributed by atoms with van der Waals surface area (Å²) in [5, 5.41) is 0. The van der Waals surface area contributed by atoms with Crippen molar-refractivity contribution in [2.45, 2.75) is 13.8 Å². The number of carbonyl (C=O) groups excluding carboxylic acids is 1. The largest absolute Gasteiger partial charge is 0.497 e.